The van der Waals surface area contributed by atoms with Crippen LogP contribution >= 0.6 is 0 Å². The highest BCUT2D eigenvalue weighted by Crippen LogP contribution is 2.35. The molecule has 1 nitrogen and oxygen atoms in total. The van der Waals surface area contributed by atoms with E-state index in [2.05, 4.69) is 4.74 Å². The number of rotatable bonds is 4. The summed E-state index contributed by atoms with van der Waals surface area (Å²) in [6.45, 7) is 0.963. The summed E-state index contributed by atoms with van der Waals surface area (Å²) in [7, 11) is 0. The maximum absolute atomic E-state index is 14.6. The number of hydrogen-bond acceptors (Lipinski definition) is 1. The Bertz CT molecular complexity index is 1120. The highest BCUT2D eigenvalue weighted by atomic mass is 19.4. The maximum Gasteiger partial charge on any atom is 0.573 e. The number of alkyl halides is 3. The van der Waals surface area contributed by atoms with Crippen molar-refractivity contribution in [1.29, 1.82) is 0 Å². The van der Waals surface area contributed by atoms with E-state index in [1.807, 2.05) is 0 Å². The highest BCUT2D eigenvalue weighted by Gasteiger charge is 2.34. The molecule has 31 heavy (non-hydrogen) atoms. The van der Waals surface area contributed by atoms with Crippen LogP contribution in [0.2, 0.25) is 0 Å². The van der Waals surface area contributed by atoms with Crippen LogP contribution in [0.5, 0.6) is 5.75 Å². The van der Waals surface area contributed by atoms with Gasteiger partial charge >= 0.3 is 6.36 Å². The van der Waals surface area contributed by atoms with Crippen molar-refractivity contribution in [3.8, 4) is 28.0 Å². The molecular weight excluding hydrogens is 432 g/mol. The summed E-state index contributed by atoms with van der Waals surface area (Å²) in [4.78, 5) is 0. The predicted molar refractivity (Wildman–Crippen MR) is 98.7 cm³/mol. The van der Waals surface area contributed by atoms with Gasteiger partial charge in [0, 0.05) is 11.1 Å². The molecule has 0 N–H and O–H groups in total. The number of ether oxygens (including phenoxy) is 1. The van der Waals surface area contributed by atoms with E-state index in [1.165, 1.54) is 36.4 Å². The Labute approximate surface area is 171 Å². The van der Waals surface area contributed by atoms with Crippen LogP contribution in [-0.2, 0) is 0 Å². The first-order chi connectivity index (χ1) is 14.5. The zero-order chi connectivity index (χ0) is 22.9. The zero-order valence-electron chi connectivity index (χ0n) is 15.6. The monoisotopic (exact) mass is 444 g/mol. The van der Waals surface area contributed by atoms with E-state index in [9.17, 15) is 35.1 Å². The summed E-state index contributed by atoms with van der Waals surface area (Å²) in [6, 6.07) is 10.1. The molecule has 3 aromatic carbocycles. The van der Waals surface area contributed by atoms with Gasteiger partial charge in [0.25, 0.3) is 0 Å². The molecule has 0 aliphatic carbocycles. The molecule has 0 saturated heterocycles. The summed E-state index contributed by atoms with van der Waals surface area (Å²) in [6.07, 6.45) is -5.30. The fourth-order valence-electron chi connectivity index (χ4n) is 2.87. The second-order valence-electron chi connectivity index (χ2n) is 6.44. The van der Waals surface area contributed by atoms with Crippen molar-refractivity contribution >= 4 is 5.83 Å². The Kier molecular flexibility index (Phi) is 6.06. The van der Waals surface area contributed by atoms with Gasteiger partial charge in [-0.15, -0.1) is 13.2 Å². The van der Waals surface area contributed by atoms with Crippen molar-refractivity contribution in [2.45, 2.75) is 13.3 Å². The van der Waals surface area contributed by atoms with Crippen molar-refractivity contribution in [3.05, 3.63) is 83.4 Å². The Hall–Kier alpha value is -3.36. The Morgan fingerprint density at radius 3 is 1.71 bits per heavy atom. The van der Waals surface area contributed by atoms with Gasteiger partial charge in [-0.2, -0.15) is 0 Å². The smallest absolute Gasteiger partial charge is 0.399 e. The van der Waals surface area contributed by atoms with E-state index in [-0.39, 0.29) is 16.7 Å². The molecule has 0 aromatic heterocycles. The lowest BCUT2D eigenvalue weighted by atomic mass is 9.98. The molecule has 3 rings (SSSR count). The van der Waals surface area contributed by atoms with Crippen LogP contribution < -0.4 is 4.74 Å². The molecule has 162 valence electrons. The second-order valence-corrected chi connectivity index (χ2v) is 6.44. The minimum absolute atomic E-state index is 0.00652. The number of allylic oxidation sites excluding steroid dienone is 1. The van der Waals surface area contributed by atoms with Crippen LogP contribution in [0.15, 0.2) is 60.4 Å². The predicted octanol–water partition coefficient (Wildman–Crippen LogP) is 7.96. The van der Waals surface area contributed by atoms with E-state index >= 15 is 0 Å². The van der Waals surface area contributed by atoms with Gasteiger partial charge in [-0.3, -0.25) is 0 Å². The molecule has 3 aromatic rings. The number of benzene rings is 3. The van der Waals surface area contributed by atoms with Crippen molar-refractivity contribution in [1.82, 2.24) is 0 Å². The topological polar surface area (TPSA) is 9.23 Å². The lowest BCUT2D eigenvalue weighted by molar-refractivity contribution is -0.276. The third kappa shape index (κ3) is 5.04. The van der Waals surface area contributed by atoms with Gasteiger partial charge in [-0.1, -0.05) is 36.4 Å². The van der Waals surface area contributed by atoms with Gasteiger partial charge < -0.3 is 4.74 Å². The first-order valence-electron chi connectivity index (χ1n) is 8.63. The van der Waals surface area contributed by atoms with Crippen LogP contribution in [0.25, 0.3) is 28.1 Å². The molecule has 0 aliphatic heterocycles. The summed E-state index contributed by atoms with van der Waals surface area (Å²) in [5.74, 6) is -7.87. The fraction of sp³-hybridized carbons (Fsp3) is 0.0909. The van der Waals surface area contributed by atoms with Crippen LogP contribution in [0.1, 0.15) is 12.5 Å². The van der Waals surface area contributed by atoms with Crippen molar-refractivity contribution in [2.24, 2.45) is 0 Å². The summed E-state index contributed by atoms with van der Waals surface area (Å²) in [5.41, 5.74) is 0.165. The Balaban J connectivity index is 1.94. The molecule has 0 fully saturated rings. The van der Waals surface area contributed by atoms with Crippen LogP contribution in [0.3, 0.4) is 0 Å². The minimum atomic E-state index is -5.30. The summed E-state index contributed by atoms with van der Waals surface area (Å²) >= 11 is 0. The summed E-state index contributed by atoms with van der Waals surface area (Å²) < 4.78 is 109. The number of hydrogen-bond donors (Lipinski definition) is 0. The third-order valence-electron chi connectivity index (χ3n) is 4.27. The first-order valence-corrected chi connectivity index (χ1v) is 8.63. The third-order valence-corrected chi connectivity index (χ3v) is 4.27. The molecule has 0 radical (unpaired) electrons. The van der Waals surface area contributed by atoms with Crippen LogP contribution in [0, 0.1) is 17.5 Å². The van der Waals surface area contributed by atoms with Gasteiger partial charge in [0.1, 0.15) is 11.6 Å². The maximum atomic E-state index is 14.6. The number of halogens is 8. The van der Waals surface area contributed by atoms with E-state index in [1.54, 1.807) is 0 Å². The molecule has 0 atom stereocenters. The SMILES string of the molecule is C/C(F)=C(\F)c1ccc(-c2ccc(-c3cc(F)c(OC(F)(F)F)c(F)c3)c(F)c2)cc1. The lowest BCUT2D eigenvalue weighted by Crippen LogP contribution is -2.19. The molecule has 0 spiro atoms. The normalized spacial score (nSPS) is 12.5. The lowest BCUT2D eigenvalue weighted by Gasteiger charge is -2.13. The fourth-order valence-corrected chi connectivity index (χ4v) is 2.87. The standard InChI is InChI=1S/C22H12F8O/c1-11(23)20(27)13-4-2-12(3-5-13)14-6-7-16(17(24)8-14)15-9-18(25)21(19(26)10-15)31-22(28,29)30/h2-10H,1H3/b20-11+. The van der Waals surface area contributed by atoms with E-state index in [0.717, 1.165) is 13.0 Å². The average Bonchev–Trinajstić information content (AvgIpc) is 2.69. The van der Waals surface area contributed by atoms with Gasteiger partial charge in [0.2, 0.25) is 5.75 Å². The molecule has 0 saturated carbocycles. The second kappa shape index (κ2) is 8.41. The average molecular weight is 444 g/mol. The van der Waals surface area contributed by atoms with Gasteiger partial charge in [-0.05, 0) is 41.8 Å². The molecule has 0 heterocycles. The molecule has 0 aliphatic rings. The molecule has 9 heteroatoms. The molecule has 0 amide bonds. The van der Waals surface area contributed by atoms with Gasteiger partial charge in [0.15, 0.2) is 17.5 Å². The first kappa shape index (κ1) is 22.3. The molecular formula is C22H12F8O. The largest absolute Gasteiger partial charge is 0.573 e. The van der Waals surface area contributed by atoms with Crippen molar-refractivity contribution < 1.29 is 39.9 Å². The van der Waals surface area contributed by atoms with Gasteiger partial charge in [-0.25, -0.2) is 22.0 Å². The minimum Gasteiger partial charge on any atom is -0.399 e. The van der Waals surface area contributed by atoms with Crippen LogP contribution in [-0.4, -0.2) is 6.36 Å². The Morgan fingerprint density at radius 1 is 0.710 bits per heavy atom. The van der Waals surface area contributed by atoms with E-state index < -0.39 is 41.2 Å². The summed E-state index contributed by atoms with van der Waals surface area (Å²) in [5, 5.41) is 0. The molecule has 0 unspecified atom stereocenters. The molecule has 0 bridgehead atoms. The zero-order valence-corrected chi connectivity index (χ0v) is 15.6. The van der Waals surface area contributed by atoms with Crippen molar-refractivity contribution in [2.75, 3.05) is 0 Å². The van der Waals surface area contributed by atoms with Crippen LogP contribution in [0.4, 0.5) is 35.1 Å². The van der Waals surface area contributed by atoms with E-state index in [4.69, 9.17) is 0 Å². The quantitative estimate of drug-likeness (QED) is 0.371. The Morgan fingerprint density at radius 2 is 1.23 bits per heavy atom. The van der Waals surface area contributed by atoms with E-state index in [0.29, 0.717) is 23.3 Å². The van der Waals surface area contributed by atoms with Crippen molar-refractivity contribution in [3.63, 3.8) is 0 Å². The van der Waals surface area contributed by atoms with Gasteiger partial charge in [0.05, 0.1) is 0 Å². The highest BCUT2D eigenvalue weighted by molar-refractivity contribution is 5.73.